The first-order chi connectivity index (χ1) is 4.11. The highest BCUT2D eigenvalue weighted by molar-refractivity contribution is 4.80. The van der Waals surface area contributed by atoms with E-state index in [0.717, 1.165) is 0 Å². The van der Waals surface area contributed by atoms with Gasteiger partial charge in [0, 0.05) is 0 Å². The molecule has 1 rings (SSSR count). The Morgan fingerprint density at radius 1 is 1.30 bits per heavy atom. The zero-order valence-electron chi connectivity index (χ0n) is 5.54. The van der Waals surface area contributed by atoms with E-state index in [0.29, 0.717) is 13.0 Å². The molecule has 0 aliphatic carbocycles. The van der Waals surface area contributed by atoms with Gasteiger partial charge < -0.3 is 11.5 Å². The van der Waals surface area contributed by atoms with Gasteiger partial charge >= 0.3 is 6.18 Å². The molecule has 0 saturated carbocycles. The van der Waals surface area contributed by atoms with Crippen LogP contribution in [0.25, 0.3) is 0 Å². The fraction of sp³-hybridized carbons (Fsp3) is 1.00. The van der Waals surface area contributed by atoms with Crippen LogP contribution in [0.1, 0.15) is 12.8 Å². The van der Waals surface area contributed by atoms with Crippen LogP contribution >= 0.6 is 0 Å². The molecule has 0 spiro atoms. The van der Waals surface area contributed by atoms with Crippen LogP contribution in [-0.4, -0.2) is 18.8 Å². The van der Waals surface area contributed by atoms with Crippen molar-refractivity contribution >= 4 is 0 Å². The third kappa shape index (κ3) is 2.15. The zero-order valence-corrected chi connectivity index (χ0v) is 5.54. The van der Waals surface area contributed by atoms with E-state index < -0.39 is 12.2 Å². The number of rotatable bonds is 0. The van der Waals surface area contributed by atoms with Gasteiger partial charge in [-0.1, -0.05) is 0 Å². The normalized spacial score (nSPS) is 26.1. The Labute approximate surface area is 57.4 Å². The van der Waals surface area contributed by atoms with E-state index in [1.165, 1.54) is 0 Å². The molecule has 0 aromatic heterocycles. The summed E-state index contributed by atoms with van der Waals surface area (Å²) in [4.78, 5) is 0. The Morgan fingerprint density at radius 2 is 1.90 bits per heavy atom. The van der Waals surface area contributed by atoms with Gasteiger partial charge in [-0.15, -0.1) is 0 Å². The van der Waals surface area contributed by atoms with Gasteiger partial charge in [0.2, 0.25) is 0 Å². The van der Waals surface area contributed by atoms with Crippen molar-refractivity contribution in [3.63, 3.8) is 0 Å². The molecular weight excluding hydrogens is 145 g/mol. The van der Waals surface area contributed by atoms with Crippen LogP contribution in [0.15, 0.2) is 0 Å². The lowest BCUT2D eigenvalue weighted by atomic mass is 10.2. The van der Waals surface area contributed by atoms with Crippen LogP contribution in [0.4, 0.5) is 13.2 Å². The first kappa shape index (κ1) is 9.71. The fourth-order valence-electron chi connectivity index (χ4n) is 0.964. The van der Waals surface area contributed by atoms with Crippen molar-refractivity contribution in [1.29, 1.82) is 0 Å². The Hall–Kier alpha value is -0.290. The third-order valence-electron chi connectivity index (χ3n) is 1.46. The molecule has 1 unspecified atom stereocenters. The van der Waals surface area contributed by atoms with Crippen LogP contribution < -0.4 is 11.5 Å². The molecule has 0 radical (unpaired) electrons. The van der Waals surface area contributed by atoms with Crippen LogP contribution in [0.5, 0.6) is 0 Å². The number of alkyl halides is 3. The maximum atomic E-state index is 11.7. The van der Waals surface area contributed by atoms with Crippen molar-refractivity contribution in [2.75, 3.05) is 6.54 Å². The predicted molar refractivity (Wildman–Crippen MR) is 32.1 cm³/mol. The van der Waals surface area contributed by atoms with Gasteiger partial charge in [-0.05, 0) is 19.4 Å². The van der Waals surface area contributed by atoms with Gasteiger partial charge in [0.05, 0.1) is 0 Å². The molecule has 5 heteroatoms. The van der Waals surface area contributed by atoms with Crippen LogP contribution in [0.3, 0.4) is 0 Å². The summed E-state index contributed by atoms with van der Waals surface area (Å²) in [7, 11) is 0. The highest BCUT2D eigenvalue weighted by atomic mass is 19.4. The molecule has 0 aromatic carbocycles. The smallest absolute Gasteiger partial charge is 0.344 e. The van der Waals surface area contributed by atoms with Gasteiger partial charge in [-0.3, -0.25) is 0 Å². The SMILES string of the molecule is FC(F)(F)C1CCCN1.N. The van der Waals surface area contributed by atoms with E-state index in [1.54, 1.807) is 0 Å². The lowest BCUT2D eigenvalue weighted by Crippen LogP contribution is -2.36. The predicted octanol–water partition coefficient (Wildman–Crippen LogP) is 1.46. The lowest BCUT2D eigenvalue weighted by Gasteiger charge is -2.13. The van der Waals surface area contributed by atoms with Crippen molar-refractivity contribution in [3.8, 4) is 0 Å². The van der Waals surface area contributed by atoms with Gasteiger partial charge in [0.1, 0.15) is 6.04 Å². The van der Waals surface area contributed by atoms with Gasteiger partial charge in [0.25, 0.3) is 0 Å². The minimum atomic E-state index is -4.03. The number of nitrogens with one attached hydrogen (secondary N) is 1. The number of hydrogen-bond donors (Lipinski definition) is 2. The van der Waals surface area contributed by atoms with E-state index >= 15 is 0 Å². The Morgan fingerprint density at radius 3 is 2.10 bits per heavy atom. The average molecular weight is 156 g/mol. The van der Waals surface area contributed by atoms with E-state index in [9.17, 15) is 13.2 Å². The maximum Gasteiger partial charge on any atom is 0.403 e. The minimum absolute atomic E-state index is 0. The van der Waals surface area contributed by atoms with Crippen molar-refractivity contribution in [3.05, 3.63) is 0 Å². The van der Waals surface area contributed by atoms with Gasteiger partial charge in [-0.25, -0.2) is 0 Å². The molecule has 1 aliphatic heterocycles. The van der Waals surface area contributed by atoms with Crippen LogP contribution in [0, 0.1) is 0 Å². The largest absolute Gasteiger partial charge is 0.403 e. The molecule has 1 aliphatic rings. The summed E-state index contributed by atoms with van der Waals surface area (Å²) in [5.74, 6) is 0. The molecule has 10 heavy (non-hydrogen) atoms. The Balaban J connectivity index is 0.000000810. The van der Waals surface area contributed by atoms with E-state index in [4.69, 9.17) is 0 Å². The standard InChI is InChI=1S/C5H8F3N.H3N/c6-5(7,8)4-2-1-3-9-4;/h4,9H,1-3H2;1H3. The molecule has 0 aromatic rings. The average Bonchev–Trinajstić information content (AvgIpc) is 2.08. The van der Waals surface area contributed by atoms with Crippen molar-refractivity contribution in [2.24, 2.45) is 0 Å². The molecule has 1 fully saturated rings. The summed E-state index contributed by atoms with van der Waals surface area (Å²) >= 11 is 0. The van der Waals surface area contributed by atoms with Crippen molar-refractivity contribution in [2.45, 2.75) is 25.1 Å². The molecule has 2 nitrogen and oxygen atoms in total. The molecule has 4 N–H and O–H groups in total. The highest BCUT2D eigenvalue weighted by Gasteiger charge is 2.40. The topological polar surface area (TPSA) is 47.0 Å². The summed E-state index contributed by atoms with van der Waals surface area (Å²) in [5.41, 5.74) is 0. The molecule has 0 bridgehead atoms. The summed E-state index contributed by atoms with van der Waals surface area (Å²) in [6, 6.07) is -1.24. The second-order valence-corrected chi connectivity index (χ2v) is 2.19. The summed E-state index contributed by atoms with van der Waals surface area (Å²) in [6.07, 6.45) is -3.15. The molecular formula is C5H11F3N2. The third-order valence-corrected chi connectivity index (χ3v) is 1.46. The second-order valence-electron chi connectivity index (χ2n) is 2.19. The Kier molecular flexibility index (Phi) is 3.11. The van der Waals surface area contributed by atoms with E-state index in [1.807, 2.05) is 0 Å². The molecule has 0 amide bonds. The highest BCUT2D eigenvalue weighted by Crippen LogP contribution is 2.25. The maximum absolute atomic E-state index is 11.7. The zero-order chi connectivity index (χ0) is 6.91. The first-order valence-electron chi connectivity index (χ1n) is 2.91. The monoisotopic (exact) mass is 156 g/mol. The summed E-state index contributed by atoms with van der Waals surface area (Å²) in [6.45, 7) is 0.504. The molecule has 1 heterocycles. The summed E-state index contributed by atoms with van der Waals surface area (Å²) < 4.78 is 35.1. The molecule has 1 atom stereocenters. The quantitative estimate of drug-likeness (QED) is 0.557. The van der Waals surface area contributed by atoms with Crippen LogP contribution in [-0.2, 0) is 0 Å². The van der Waals surface area contributed by atoms with Crippen molar-refractivity contribution in [1.82, 2.24) is 11.5 Å². The van der Waals surface area contributed by atoms with Gasteiger partial charge in [-0.2, -0.15) is 13.2 Å². The second kappa shape index (κ2) is 3.21. The summed E-state index contributed by atoms with van der Waals surface area (Å²) in [5, 5.41) is 2.37. The fourth-order valence-corrected chi connectivity index (χ4v) is 0.964. The number of halogens is 3. The Bertz CT molecular complexity index is 95.6. The van der Waals surface area contributed by atoms with Crippen molar-refractivity contribution < 1.29 is 13.2 Å². The van der Waals surface area contributed by atoms with E-state index in [2.05, 4.69) is 5.32 Å². The first-order valence-corrected chi connectivity index (χ1v) is 2.91. The van der Waals surface area contributed by atoms with E-state index in [-0.39, 0.29) is 12.6 Å². The van der Waals surface area contributed by atoms with Crippen LogP contribution in [0.2, 0.25) is 0 Å². The van der Waals surface area contributed by atoms with Gasteiger partial charge in [0.15, 0.2) is 0 Å². The minimum Gasteiger partial charge on any atom is -0.344 e. The molecule has 62 valence electrons. The number of hydrogen-bond acceptors (Lipinski definition) is 2. The molecule has 1 saturated heterocycles. The lowest BCUT2D eigenvalue weighted by molar-refractivity contribution is -0.151.